The lowest BCUT2D eigenvalue weighted by Gasteiger charge is -2.04. The zero-order valence-corrected chi connectivity index (χ0v) is 7.73. The predicted octanol–water partition coefficient (Wildman–Crippen LogP) is 1.43. The molecule has 1 aliphatic rings. The molecule has 2 rings (SSSR count). The minimum absolute atomic E-state index is 0.605. The Balaban J connectivity index is 1.94. The summed E-state index contributed by atoms with van der Waals surface area (Å²) in [5.74, 6) is 1.92. The van der Waals surface area contributed by atoms with Crippen molar-refractivity contribution in [3.63, 3.8) is 0 Å². The van der Waals surface area contributed by atoms with E-state index < -0.39 is 0 Å². The van der Waals surface area contributed by atoms with Gasteiger partial charge in [-0.3, -0.25) is 5.10 Å². The number of nitrogen functional groups attached to an aromatic ring is 1. The van der Waals surface area contributed by atoms with Crippen LogP contribution in [0.4, 0.5) is 5.82 Å². The van der Waals surface area contributed by atoms with E-state index >= 15 is 0 Å². The van der Waals surface area contributed by atoms with Crippen molar-refractivity contribution in [2.45, 2.75) is 24.5 Å². The van der Waals surface area contributed by atoms with Crippen LogP contribution < -0.4 is 5.73 Å². The molecule has 66 valence electrons. The van der Waals surface area contributed by atoms with Crippen LogP contribution in [-0.4, -0.2) is 21.2 Å². The molecule has 12 heavy (non-hydrogen) atoms. The van der Waals surface area contributed by atoms with Crippen molar-refractivity contribution in [3.8, 4) is 0 Å². The van der Waals surface area contributed by atoms with Crippen LogP contribution >= 0.6 is 11.8 Å². The minimum Gasteiger partial charge on any atom is -0.382 e. The maximum Gasteiger partial charge on any atom is 0.145 e. The van der Waals surface area contributed by atoms with E-state index in [0.29, 0.717) is 5.82 Å². The van der Waals surface area contributed by atoms with Gasteiger partial charge in [-0.2, -0.15) is 16.9 Å². The lowest BCUT2D eigenvalue weighted by molar-refractivity contribution is 0.760. The number of aromatic amines is 1. The van der Waals surface area contributed by atoms with Gasteiger partial charge in [0.25, 0.3) is 0 Å². The van der Waals surface area contributed by atoms with Gasteiger partial charge in [-0.1, -0.05) is 0 Å². The van der Waals surface area contributed by atoms with Crippen LogP contribution in [-0.2, 0) is 6.42 Å². The molecule has 0 aliphatic carbocycles. The second-order valence-electron chi connectivity index (χ2n) is 3.16. The van der Waals surface area contributed by atoms with Gasteiger partial charge in [0.1, 0.15) is 5.82 Å². The Bertz CT molecular complexity index is 253. The Labute approximate surface area is 76.1 Å². The number of H-pyrrole nitrogens is 1. The van der Waals surface area contributed by atoms with Gasteiger partial charge in [0.2, 0.25) is 0 Å². The Morgan fingerprint density at radius 1 is 1.75 bits per heavy atom. The number of rotatable bonds is 2. The first-order valence-corrected chi connectivity index (χ1v) is 5.31. The maximum atomic E-state index is 5.50. The van der Waals surface area contributed by atoms with Crippen molar-refractivity contribution in [3.05, 3.63) is 11.8 Å². The van der Waals surface area contributed by atoms with E-state index in [9.17, 15) is 0 Å². The molecule has 0 radical (unpaired) electrons. The predicted molar refractivity (Wildman–Crippen MR) is 52.2 cm³/mol. The van der Waals surface area contributed by atoms with Crippen LogP contribution in [0, 0.1) is 0 Å². The molecule has 1 saturated heterocycles. The second-order valence-corrected chi connectivity index (χ2v) is 4.57. The summed E-state index contributed by atoms with van der Waals surface area (Å²) in [6.45, 7) is 0. The zero-order valence-electron chi connectivity index (χ0n) is 6.92. The van der Waals surface area contributed by atoms with Gasteiger partial charge >= 0.3 is 0 Å². The van der Waals surface area contributed by atoms with Gasteiger partial charge in [-0.15, -0.1) is 0 Å². The molecule has 1 fully saturated rings. The largest absolute Gasteiger partial charge is 0.382 e. The van der Waals surface area contributed by atoms with Crippen molar-refractivity contribution in [1.82, 2.24) is 10.2 Å². The number of aromatic nitrogens is 2. The van der Waals surface area contributed by atoms with E-state index in [2.05, 4.69) is 22.0 Å². The third-order valence-corrected chi connectivity index (χ3v) is 3.52. The summed E-state index contributed by atoms with van der Waals surface area (Å²) in [6.07, 6.45) is 3.79. The quantitative estimate of drug-likeness (QED) is 0.729. The summed E-state index contributed by atoms with van der Waals surface area (Å²) in [6, 6.07) is 1.93. The number of anilines is 1. The Kier molecular flexibility index (Phi) is 2.26. The molecule has 0 amide bonds. The average Bonchev–Trinajstić information content (AvgIpc) is 2.63. The van der Waals surface area contributed by atoms with Gasteiger partial charge in [-0.05, 0) is 18.6 Å². The lowest BCUT2D eigenvalue weighted by atomic mass is 10.1. The van der Waals surface area contributed by atoms with Crippen LogP contribution in [0.15, 0.2) is 6.07 Å². The molecular weight excluding hydrogens is 170 g/mol. The van der Waals surface area contributed by atoms with Crippen LogP contribution in [0.2, 0.25) is 0 Å². The number of hydrogen-bond acceptors (Lipinski definition) is 3. The molecule has 2 heterocycles. The van der Waals surface area contributed by atoms with Gasteiger partial charge in [-0.25, -0.2) is 0 Å². The monoisotopic (exact) mass is 183 g/mol. The first kappa shape index (κ1) is 7.98. The molecule has 0 aromatic carbocycles. The van der Waals surface area contributed by atoms with Crippen molar-refractivity contribution >= 4 is 17.6 Å². The molecule has 1 aliphatic heterocycles. The molecule has 1 aromatic heterocycles. The first-order chi connectivity index (χ1) is 5.84. The lowest BCUT2D eigenvalue weighted by Crippen LogP contribution is -2.01. The third-order valence-electron chi connectivity index (χ3n) is 2.12. The van der Waals surface area contributed by atoms with Crippen LogP contribution in [0.1, 0.15) is 18.5 Å². The van der Waals surface area contributed by atoms with Crippen LogP contribution in [0.3, 0.4) is 0 Å². The number of hydrogen-bond donors (Lipinski definition) is 2. The van der Waals surface area contributed by atoms with E-state index in [4.69, 9.17) is 5.73 Å². The average molecular weight is 183 g/mol. The normalized spacial score (nSPS) is 23.2. The molecular formula is C8H13N3S. The highest BCUT2D eigenvalue weighted by Gasteiger charge is 2.16. The highest BCUT2D eigenvalue weighted by molar-refractivity contribution is 8.00. The Morgan fingerprint density at radius 3 is 3.25 bits per heavy atom. The molecule has 1 atom stereocenters. The van der Waals surface area contributed by atoms with Gasteiger partial charge in [0.05, 0.1) is 0 Å². The zero-order chi connectivity index (χ0) is 8.39. The van der Waals surface area contributed by atoms with Crippen molar-refractivity contribution in [2.24, 2.45) is 0 Å². The SMILES string of the molecule is Nc1cc(CC2CCCS2)[nH]n1. The Morgan fingerprint density at radius 2 is 2.67 bits per heavy atom. The molecule has 0 bridgehead atoms. The Hall–Kier alpha value is -0.640. The van der Waals surface area contributed by atoms with Gasteiger partial charge in [0, 0.05) is 23.4 Å². The standard InChI is InChI=1S/C8H13N3S/c9-8-5-6(10-11-8)4-7-2-1-3-12-7/h5,7H,1-4H2,(H3,9,10,11). The summed E-state index contributed by atoms with van der Waals surface area (Å²) < 4.78 is 0. The van der Waals surface area contributed by atoms with Crippen LogP contribution in [0.25, 0.3) is 0 Å². The molecule has 0 spiro atoms. The molecule has 0 saturated carbocycles. The topological polar surface area (TPSA) is 54.7 Å². The smallest absolute Gasteiger partial charge is 0.145 e. The fourth-order valence-electron chi connectivity index (χ4n) is 1.53. The van der Waals surface area contributed by atoms with E-state index in [0.717, 1.165) is 11.7 Å². The van der Waals surface area contributed by atoms with Crippen LogP contribution in [0.5, 0.6) is 0 Å². The second kappa shape index (κ2) is 3.39. The first-order valence-electron chi connectivity index (χ1n) is 4.26. The molecule has 1 unspecified atom stereocenters. The number of thioether (sulfide) groups is 1. The molecule has 3 N–H and O–H groups in total. The number of nitrogens with one attached hydrogen (secondary N) is 1. The number of nitrogens with two attached hydrogens (primary N) is 1. The summed E-state index contributed by atoms with van der Waals surface area (Å²) in [7, 11) is 0. The highest BCUT2D eigenvalue weighted by Crippen LogP contribution is 2.28. The van der Waals surface area contributed by atoms with E-state index in [1.54, 1.807) is 0 Å². The van der Waals surface area contributed by atoms with Crippen molar-refractivity contribution < 1.29 is 0 Å². The highest BCUT2D eigenvalue weighted by atomic mass is 32.2. The summed E-state index contributed by atoms with van der Waals surface area (Å²) in [5.41, 5.74) is 6.68. The van der Waals surface area contributed by atoms with Gasteiger partial charge < -0.3 is 5.73 Å². The summed E-state index contributed by atoms with van der Waals surface area (Å²) in [5, 5.41) is 7.63. The molecule has 3 nitrogen and oxygen atoms in total. The third kappa shape index (κ3) is 1.75. The summed E-state index contributed by atoms with van der Waals surface area (Å²) >= 11 is 2.06. The molecule has 4 heteroatoms. The van der Waals surface area contributed by atoms with E-state index in [-0.39, 0.29) is 0 Å². The molecule has 1 aromatic rings. The van der Waals surface area contributed by atoms with Crippen molar-refractivity contribution in [1.29, 1.82) is 0 Å². The fraction of sp³-hybridized carbons (Fsp3) is 0.625. The van der Waals surface area contributed by atoms with E-state index in [1.807, 2.05) is 6.07 Å². The van der Waals surface area contributed by atoms with E-state index in [1.165, 1.54) is 24.3 Å². The number of nitrogens with zero attached hydrogens (tertiary/aromatic N) is 1. The summed E-state index contributed by atoms with van der Waals surface area (Å²) in [4.78, 5) is 0. The van der Waals surface area contributed by atoms with Gasteiger partial charge in [0.15, 0.2) is 0 Å². The minimum atomic E-state index is 0.605. The maximum absolute atomic E-state index is 5.50. The fourth-order valence-corrected chi connectivity index (χ4v) is 2.83. The van der Waals surface area contributed by atoms with Crippen molar-refractivity contribution in [2.75, 3.05) is 11.5 Å².